The van der Waals surface area contributed by atoms with Crippen LogP contribution in [0.4, 0.5) is 0 Å². The molecule has 1 aliphatic rings. The molecule has 3 rings (SSSR count). The highest BCUT2D eigenvalue weighted by atomic mass is 35.5. The molecule has 1 heterocycles. The summed E-state index contributed by atoms with van der Waals surface area (Å²) < 4.78 is 16.8. The van der Waals surface area contributed by atoms with Crippen LogP contribution in [0.2, 0.25) is 5.02 Å². The number of carbonyl (C=O) groups excluding carboxylic acids is 1. The molecule has 1 N–H and O–H groups in total. The van der Waals surface area contributed by atoms with Crippen LogP contribution in [0.3, 0.4) is 0 Å². The molecule has 2 aromatic carbocycles. The summed E-state index contributed by atoms with van der Waals surface area (Å²) in [5.74, 6) is 1.58. The number of fused-ring (bicyclic) bond motifs is 1. The van der Waals surface area contributed by atoms with E-state index < -0.39 is 5.91 Å². The molecule has 6 nitrogen and oxygen atoms in total. The minimum Gasteiger partial charge on any atom is -0.493 e. The highest BCUT2D eigenvalue weighted by Gasteiger charge is 2.21. The van der Waals surface area contributed by atoms with Crippen LogP contribution >= 0.6 is 11.6 Å². The van der Waals surface area contributed by atoms with Gasteiger partial charge in [0.25, 0.3) is 5.91 Å². The SMILES string of the molecule is CCOc1cc2c(cc1/C=N\NC(=O)COc1ccccc1Cl)O[C@H](C)C2. The number of hydrogen-bond acceptors (Lipinski definition) is 5. The first-order chi connectivity index (χ1) is 13.1. The van der Waals surface area contributed by atoms with E-state index in [9.17, 15) is 4.79 Å². The van der Waals surface area contributed by atoms with Gasteiger partial charge in [-0.15, -0.1) is 0 Å². The van der Waals surface area contributed by atoms with Gasteiger partial charge in [-0.1, -0.05) is 23.7 Å². The summed E-state index contributed by atoms with van der Waals surface area (Å²) in [6.45, 7) is 4.28. The van der Waals surface area contributed by atoms with Crippen molar-refractivity contribution < 1.29 is 19.0 Å². The van der Waals surface area contributed by atoms with E-state index in [1.807, 2.05) is 26.0 Å². The predicted molar refractivity (Wildman–Crippen MR) is 104 cm³/mol. The molecule has 27 heavy (non-hydrogen) atoms. The highest BCUT2D eigenvalue weighted by molar-refractivity contribution is 6.32. The molecule has 0 unspecified atom stereocenters. The van der Waals surface area contributed by atoms with Crippen LogP contribution in [0.1, 0.15) is 25.0 Å². The van der Waals surface area contributed by atoms with Crippen molar-refractivity contribution in [1.82, 2.24) is 5.43 Å². The van der Waals surface area contributed by atoms with Crippen LogP contribution in [-0.2, 0) is 11.2 Å². The number of ether oxygens (including phenoxy) is 3. The Hall–Kier alpha value is -2.73. The van der Waals surface area contributed by atoms with Crippen LogP contribution in [-0.4, -0.2) is 31.4 Å². The first-order valence-corrected chi connectivity index (χ1v) is 9.10. The van der Waals surface area contributed by atoms with E-state index in [-0.39, 0.29) is 12.7 Å². The Labute approximate surface area is 163 Å². The average molecular weight is 389 g/mol. The first-order valence-electron chi connectivity index (χ1n) is 8.72. The number of para-hydroxylation sites is 1. The number of halogens is 1. The lowest BCUT2D eigenvalue weighted by Gasteiger charge is -2.10. The number of carbonyl (C=O) groups is 1. The van der Waals surface area contributed by atoms with Crippen molar-refractivity contribution >= 4 is 23.7 Å². The number of nitrogens with zero attached hydrogens (tertiary/aromatic N) is 1. The molecule has 142 valence electrons. The average Bonchev–Trinajstić information content (AvgIpc) is 3.00. The van der Waals surface area contributed by atoms with Crippen LogP contribution in [0.15, 0.2) is 41.5 Å². The van der Waals surface area contributed by atoms with E-state index in [1.54, 1.807) is 24.3 Å². The summed E-state index contributed by atoms with van der Waals surface area (Å²) in [5, 5.41) is 4.44. The van der Waals surface area contributed by atoms with Crippen LogP contribution in [0.5, 0.6) is 17.2 Å². The van der Waals surface area contributed by atoms with Crippen molar-refractivity contribution in [3.63, 3.8) is 0 Å². The third-order valence-corrected chi connectivity index (χ3v) is 4.23. The van der Waals surface area contributed by atoms with Crippen molar-refractivity contribution in [2.45, 2.75) is 26.4 Å². The number of hydrazone groups is 1. The van der Waals surface area contributed by atoms with Crippen LogP contribution in [0, 0.1) is 0 Å². The second-order valence-corrected chi connectivity index (χ2v) is 6.48. The van der Waals surface area contributed by atoms with E-state index in [0.717, 1.165) is 23.3 Å². The Morgan fingerprint density at radius 3 is 2.93 bits per heavy atom. The molecule has 0 radical (unpaired) electrons. The second kappa shape index (κ2) is 8.77. The quantitative estimate of drug-likeness (QED) is 0.581. The van der Waals surface area contributed by atoms with Gasteiger partial charge >= 0.3 is 0 Å². The van der Waals surface area contributed by atoms with Gasteiger partial charge in [-0.05, 0) is 38.1 Å². The molecule has 1 amide bonds. The number of rotatable bonds is 7. The van der Waals surface area contributed by atoms with E-state index in [4.69, 9.17) is 25.8 Å². The molecule has 0 aromatic heterocycles. The summed E-state index contributed by atoms with van der Waals surface area (Å²) in [6.07, 6.45) is 2.52. The summed E-state index contributed by atoms with van der Waals surface area (Å²) >= 11 is 5.98. The number of amides is 1. The van der Waals surface area contributed by atoms with Gasteiger partial charge in [0.05, 0.1) is 17.8 Å². The van der Waals surface area contributed by atoms with Gasteiger partial charge in [-0.3, -0.25) is 4.79 Å². The zero-order valence-corrected chi connectivity index (χ0v) is 16.0. The number of nitrogens with one attached hydrogen (secondary N) is 1. The lowest BCUT2D eigenvalue weighted by molar-refractivity contribution is -0.123. The monoisotopic (exact) mass is 388 g/mol. The van der Waals surface area contributed by atoms with Crippen molar-refractivity contribution in [3.05, 3.63) is 52.5 Å². The summed E-state index contributed by atoms with van der Waals surface area (Å²) in [4.78, 5) is 11.9. The summed E-state index contributed by atoms with van der Waals surface area (Å²) in [6, 6.07) is 10.8. The van der Waals surface area contributed by atoms with Gasteiger partial charge in [0, 0.05) is 17.5 Å². The Balaban J connectivity index is 1.61. The standard InChI is InChI=1S/C20H21ClN2O4/c1-3-25-18-9-14-8-13(2)27-19(14)10-15(18)11-22-23-20(24)12-26-17-7-5-4-6-16(17)21/h4-7,9-11,13H,3,8,12H2,1-2H3,(H,23,24)/b22-11-/t13-/m1/s1. The lowest BCUT2D eigenvalue weighted by atomic mass is 10.1. The third kappa shape index (κ3) is 4.92. The fourth-order valence-electron chi connectivity index (χ4n) is 2.75. The first kappa shape index (κ1) is 19.0. The maximum absolute atomic E-state index is 11.9. The molecular formula is C20H21ClN2O4. The maximum atomic E-state index is 11.9. The smallest absolute Gasteiger partial charge is 0.277 e. The Bertz CT molecular complexity index is 854. The molecule has 0 spiro atoms. The zero-order valence-electron chi connectivity index (χ0n) is 15.2. The van der Waals surface area contributed by atoms with E-state index in [2.05, 4.69) is 10.5 Å². The number of hydrogen-bond donors (Lipinski definition) is 1. The van der Waals surface area contributed by atoms with Crippen molar-refractivity contribution in [2.75, 3.05) is 13.2 Å². The normalized spacial score (nSPS) is 15.3. The van der Waals surface area contributed by atoms with E-state index in [1.165, 1.54) is 6.21 Å². The third-order valence-electron chi connectivity index (χ3n) is 3.92. The van der Waals surface area contributed by atoms with Gasteiger partial charge in [-0.25, -0.2) is 5.43 Å². The fourth-order valence-corrected chi connectivity index (χ4v) is 2.94. The van der Waals surface area contributed by atoms with Gasteiger partial charge in [0.2, 0.25) is 0 Å². The van der Waals surface area contributed by atoms with Gasteiger partial charge in [0.15, 0.2) is 6.61 Å². The lowest BCUT2D eigenvalue weighted by Crippen LogP contribution is -2.24. The molecule has 1 aliphatic heterocycles. The topological polar surface area (TPSA) is 69.2 Å². The van der Waals surface area contributed by atoms with Gasteiger partial charge < -0.3 is 14.2 Å². The Kier molecular flexibility index (Phi) is 6.19. The molecule has 7 heteroatoms. The zero-order chi connectivity index (χ0) is 19.2. The van der Waals surface area contributed by atoms with Crippen LogP contribution in [0.25, 0.3) is 0 Å². The van der Waals surface area contributed by atoms with Crippen molar-refractivity contribution in [2.24, 2.45) is 5.10 Å². The highest BCUT2D eigenvalue weighted by Crippen LogP contribution is 2.34. The fraction of sp³-hybridized carbons (Fsp3) is 0.300. The van der Waals surface area contributed by atoms with Crippen molar-refractivity contribution in [1.29, 1.82) is 0 Å². The van der Waals surface area contributed by atoms with E-state index in [0.29, 0.717) is 23.1 Å². The Morgan fingerprint density at radius 2 is 2.15 bits per heavy atom. The maximum Gasteiger partial charge on any atom is 0.277 e. The predicted octanol–water partition coefficient (Wildman–Crippen LogP) is 3.59. The summed E-state index contributed by atoms with van der Waals surface area (Å²) in [7, 11) is 0. The molecule has 0 saturated carbocycles. The molecule has 0 fully saturated rings. The Morgan fingerprint density at radius 1 is 1.33 bits per heavy atom. The van der Waals surface area contributed by atoms with Crippen molar-refractivity contribution in [3.8, 4) is 17.2 Å². The molecule has 0 aliphatic carbocycles. The molecular weight excluding hydrogens is 368 g/mol. The van der Waals surface area contributed by atoms with Crippen LogP contribution < -0.4 is 19.6 Å². The minimum atomic E-state index is -0.393. The largest absolute Gasteiger partial charge is 0.493 e. The molecule has 1 atom stereocenters. The molecule has 2 aromatic rings. The molecule has 0 bridgehead atoms. The van der Waals surface area contributed by atoms with Gasteiger partial charge in [0.1, 0.15) is 23.4 Å². The van der Waals surface area contributed by atoms with E-state index >= 15 is 0 Å². The number of benzene rings is 2. The summed E-state index contributed by atoms with van der Waals surface area (Å²) in [5.41, 5.74) is 4.28. The van der Waals surface area contributed by atoms with Gasteiger partial charge in [-0.2, -0.15) is 5.10 Å². The minimum absolute atomic E-state index is 0.142. The second-order valence-electron chi connectivity index (χ2n) is 6.08. The molecule has 0 saturated heterocycles.